The van der Waals surface area contributed by atoms with E-state index in [1.165, 1.54) is 50.6 Å². The summed E-state index contributed by atoms with van der Waals surface area (Å²) in [5.41, 5.74) is 5.16. The number of nitrogens with zero attached hydrogens (tertiary/aromatic N) is 4. The molecule has 0 amide bonds. The van der Waals surface area contributed by atoms with Crippen LogP contribution in [0.2, 0.25) is 0 Å². The number of fused-ring (bicyclic) bond motifs is 7. The minimum atomic E-state index is 0.663. The molecule has 0 atom stereocenters. The van der Waals surface area contributed by atoms with Crippen molar-refractivity contribution in [2.24, 2.45) is 0 Å². The minimum absolute atomic E-state index is 0.663. The van der Waals surface area contributed by atoms with Crippen LogP contribution in [-0.2, 0) is 0 Å². The van der Waals surface area contributed by atoms with Gasteiger partial charge in [-0.05, 0) is 24.3 Å². The molecule has 0 radical (unpaired) electrons. The highest BCUT2D eigenvalue weighted by Gasteiger charge is 2.19. The second-order valence-corrected chi connectivity index (χ2v) is 14.6. The summed E-state index contributed by atoms with van der Waals surface area (Å²) in [4.78, 5) is 20.2. The Morgan fingerprint density at radius 3 is 1.81 bits per heavy atom. The van der Waals surface area contributed by atoms with Gasteiger partial charge in [0.15, 0.2) is 17.5 Å². The minimum Gasteiger partial charge on any atom is -0.236 e. The number of thiophene rings is 2. The Balaban J connectivity index is 1.17. The van der Waals surface area contributed by atoms with Crippen LogP contribution in [0.15, 0.2) is 133 Å². The molecule has 0 fully saturated rings. The summed E-state index contributed by atoms with van der Waals surface area (Å²) in [7, 11) is 0. The van der Waals surface area contributed by atoms with Gasteiger partial charge in [-0.25, -0.2) is 19.9 Å². The molecule has 220 valence electrons. The normalized spacial score (nSPS) is 11.8. The van der Waals surface area contributed by atoms with Gasteiger partial charge in [0.1, 0.15) is 5.01 Å². The first-order chi connectivity index (χ1) is 23.3. The molecule has 47 heavy (non-hydrogen) atoms. The third-order valence-electron chi connectivity index (χ3n) is 8.58. The highest BCUT2D eigenvalue weighted by atomic mass is 32.1. The molecule has 7 heteroatoms. The zero-order chi connectivity index (χ0) is 30.9. The Labute approximate surface area is 281 Å². The summed E-state index contributed by atoms with van der Waals surface area (Å²) in [6, 6.07) is 46.5. The van der Waals surface area contributed by atoms with Gasteiger partial charge in [0.2, 0.25) is 0 Å². The molecule has 4 heterocycles. The van der Waals surface area contributed by atoms with Crippen molar-refractivity contribution < 1.29 is 0 Å². The maximum Gasteiger partial charge on any atom is 0.164 e. The van der Waals surface area contributed by atoms with Gasteiger partial charge in [0, 0.05) is 62.6 Å². The average molecular weight is 655 g/mol. The maximum atomic E-state index is 5.19. The molecule has 0 saturated carbocycles. The predicted molar refractivity (Wildman–Crippen MR) is 201 cm³/mol. The number of hydrogen-bond acceptors (Lipinski definition) is 7. The number of aromatic nitrogens is 4. The Bertz CT molecular complexity index is 2740. The smallest absolute Gasteiger partial charge is 0.164 e. The van der Waals surface area contributed by atoms with Crippen molar-refractivity contribution >= 4 is 84.6 Å². The van der Waals surface area contributed by atoms with E-state index in [1.54, 1.807) is 22.7 Å². The molecule has 0 saturated heterocycles. The van der Waals surface area contributed by atoms with Crippen LogP contribution in [0.3, 0.4) is 0 Å². The first kappa shape index (κ1) is 26.8. The fraction of sp³-hybridized carbons (Fsp3) is 0. The Hall–Kier alpha value is -5.34. The van der Waals surface area contributed by atoms with E-state index in [0.29, 0.717) is 17.5 Å². The molecule has 10 rings (SSSR count). The lowest BCUT2D eigenvalue weighted by Gasteiger charge is -2.09. The van der Waals surface area contributed by atoms with Crippen molar-refractivity contribution in [2.75, 3.05) is 0 Å². The van der Waals surface area contributed by atoms with Crippen LogP contribution in [0, 0.1) is 0 Å². The Morgan fingerprint density at radius 1 is 0.383 bits per heavy atom. The molecular weight excluding hydrogens is 633 g/mol. The lowest BCUT2D eigenvalue weighted by Crippen LogP contribution is -2.00. The van der Waals surface area contributed by atoms with Crippen molar-refractivity contribution in [2.45, 2.75) is 0 Å². The zero-order valence-electron chi connectivity index (χ0n) is 24.7. The van der Waals surface area contributed by atoms with Crippen LogP contribution in [0.1, 0.15) is 0 Å². The lowest BCUT2D eigenvalue weighted by molar-refractivity contribution is 1.08. The monoisotopic (exact) mass is 654 g/mol. The van der Waals surface area contributed by atoms with E-state index in [0.717, 1.165) is 27.2 Å². The van der Waals surface area contributed by atoms with Crippen LogP contribution in [0.5, 0.6) is 0 Å². The van der Waals surface area contributed by atoms with E-state index in [2.05, 4.69) is 72.8 Å². The molecule has 0 aliphatic carbocycles. The molecule has 0 aliphatic rings. The van der Waals surface area contributed by atoms with Gasteiger partial charge < -0.3 is 0 Å². The van der Waals surface area contributed by atoms with Crippen molar-refractivity contribution in [3.05, 3.63) is 133 Å². The third kappa shape index (κ3) is 4.39. The molecule has 4 nitrogen and oxygen atoms in total. The summed E-state index contributed by atoms with van der Waals surface area (Å²) < 4.78 is 6.18. The van der Waals surface area contributed by atoms with Gasteiger partial charge >= 0.3 is 0 Å². The summed E-state index contributed by atoms with van der Waals surface area (Å²) in [6.45, 7) is 0. The molecule has 0 bridgehead atoms. The zero-order valence-corrected chi connectivity index (χ0v) is 27.2. The quantitative estimate of drug-likeness (QED) is 0.189. The first-order valence-electron chi connectivity index (χ1n) is 15.3. The van der Waals surface area contributed by atoms with Crippen LogP contribution in [-0.4, -0.2) is 19.9 Å². The molecule has 0 spiro atoms. The van der Waals surface area contributed by atoms with Gasteiger partial charge in [-0.1, -0.05) is 109 Å². The second-order valence-electron chi connectivity index (χ2n) is 11.4. The highest BCUT2D eigenvalue weighted by Crippen LogP contribution is 2.45. The Kier molecular flexibility index (Phi) is 6.05. The van der Waals surface area contributed by atoms with Crippen LogP contribution in [0.25, 0.3) is 95.3 Å². The van der Waals surface area contributed by atoms with E-state index in [9.17, 15) is 0 Å². The molecule has 10 aromatic rings. The number of rotatable bonds is 4. The molecule has 0 aliphatic heterocycles. The molecule has 4 aromatic heterocycles. The van der Waals surface area contributed by atoms with Gasteiger partial charge in [0.05, 0.1) is 10.2 Å². The molecule has 0 N–H and O–H groups in total. The van der Waals surface area contributed by atoms with Crippen molar-refractivity contribution in [3.8, 4) is 44.7 Å². The lowest BCUT2D eigenvalue weighted by atomic mass is 10.1. The van der Waals surface area contributed by atoms with E-state index < -0.39 is 0 Å². The van der Waals surface area contributed by atoms with Crippen LogP contribution < -0.4 is 0 Å². The number of benzene rings is 6. The van der Waals surface area contributed by atoms with Gasteiger partial charge in [-0.2, -0.15) is 0 Å². The Morgan fingerprint density at radius 2 is 1.02 bits per heavy atom. The summed E-state index contributed by atoms with van der Waals surface area (Å²) in [6.07, 6.45) is 0. The highest BCUT2D eigenvalue weighted by molar-refractivity contribution is 7.28. The predicted octanol–water partition coefficient (Wildman–Crippen LogP) is 11.9. The maximum absolute atomic E-state index is 5.19. The summed E-state index contributed by atoms with van der Waals surface area (Å²) in [5, 5.41) is 6.02. The van der Waals surface area contributed by atoms with E-state index in [1.807, 2.05) is 72.0 Å². The van der Waals surface area contributed by atoms with Gasteiger partial charge in [-0.3, -0.25) is 0 Å². The van der Waals surface area contributed by atoms with Crippen LogP contribution in [0.4, 0.5) is 0 Å². The van der Waals surface area contributed by atoms with E-state index in [-0.39, 0.29) is 0 Å². The average Bonchev–Trinajstić information content (AvgIpc) is 3.83. The largest absolute Gasteiger partial charge is 0.236 e. The summed E-state index contributed by atoms with van der Waals surface area (Å²) in [5.74, 6) is 2.00. The standard InChI is InChI=1S/C40H22N4S3/c1-3-11-23(12-4-1)37-42-38(24-13-5-2-6-14-24)44-39(43-37)27-17-10-20-32-35(27)29-21-34-30(22-33(29)45-32)41-40(47-34)28-18-9-16-26-25-15-7-8-19-31(25)46-36(26)28/h1-22H. The van der Waals surface area contributed by atoms with Gasteiger partial charge in [0.25, 0.3) is 0 Å². The molecule has 0 unspecified atom stereocenters. The third-order valence-corrected chi connectivity index (χ3v) is 12.0. The van der Waals surface area contributed by atoms with Crippen molar-refractivity contribution in [1.82, 2.24) is 19.9 Å². The topological polar surface area (TPSA) is 51.6 Å². The molecule has 6 aromatic carbocycles. The van der Waals surface area contributed by atoms with Crippen molar-refractivity contribution in [1.29, 1.82) is 0 Å². The van der Waals surface area contributed by atoms with Crippen molar-refractivity contribution in [3.63, 3.8) is 0 Å². The van der Waals surface area contributed by atoms with Crippen LogP contribution >= 0.6 is 34.0 Å². The number of hydrogen-bond donors (Lipinski definition) is 0. The SMILES string of the molecule is c1ccc(-c2nc(-c3ccccc3)nc(-c3cccc4sc5cc6nc(-c7cccc8c7sc7ccccc78)sc6cc5c34)n2)cc1. The van der Waals surface area contributed by atoms with E-state index in [4.69, 9.17) is 19.9 Å². The first-order valence-corrected chi connectivity index (χ1v) is 17.8. The fourth-order valence-corrected chi connectivity index (χ4v) is 9.84. The molecular formula is C40H22N4S3. The second kappa shape index (κ2) is 10.6. The fourth-order valence-electron chi connectivity index (χ4n) is 6.39. The summed E-state index contributed by atoms with van der Waals surface area (Å²) >= 11 is 5.40. The number of thiazole rings is 1. The van der Waals surface area contributed by atoms with E-state index >= 15 is 0 Å². The van der Waals surface area contributed by atoms with Gasteiger partial charge in [-0.15, -0.1) is 34.0 Å².